The van der Waals surface area contributed by atoms with E-state index in [0.29, 0.717) is 27.7 Å². The van der Waals surface area contributed by atoms with Gasteiger partial charge in [0.05, 0.1) is 6.21 Å². The normalized spacial score (nSPS) is 18.5. The fourth-order valence-corrected chi connectivity index (χ4v) is 5.97. The monoisotopic (exact) mass is 578 g/mol. The highest BCUT2D eigenvalue weighted by Gasteiger charge is 2.54. The van der Waals surface area contributed by atoms with Gasteiger partial charge in [-0.15, -0.1) is 16.9 Å². The number of rotatable bonds is 12. The summed E-state index contributed by atoms with van der Waals surface area (Å²) in [6.45, 7) is -1.10. The Bertz CT molecular complexity index is 1360. The molecule has 16 nitrogen and oxygen atoms in total. The van der Waals surface area contributed by atoms with Gasteiger partial charge < -0.3 is 30.8 Å². The minimum absolute atomic E-state index is 0.107. The van der Waals surface area contributed by atoms with Crippen molar-refractivity contribution >= 4 is 59.2 Å². The van der Waals surface area contributed by atoms with Gasteiger partial charge in [-0.25, -0.2) is 14.3 Å². The SMILES string of the molecule is Cn1nnnc1SCC1=C(C(=O)O)N2C(=O)[C@@H](NC(=O)COc3ccc(N)cc3/C=N/OCC(=O)O)[C@H]2SC1. The molecule has 0 aliphatic carbocycles. The lowest BCUT2D eigenvalue weighted by Gasteiger charge is -2.49. The number of oxime groups is 1. The molecular weight excluding hydrogens is 556 g/mol. The summed E-state index contributed by atoms with van der Waals surface area (Å²) in [5.74, 6) is -2.75. The molecular formula is C21H22N8O8S2. The second-order valence-electron chi connectivity index (χ2n) is 8.07. The number of benzene rings is 1. The van der Waals surface area contributed by atoms with E-state index in [1.165, 1.54) is 57.5 Å². The lowest BCUT2D eigenvalue weighted by atomic mass is 10.0. The fraction of sp³-hybridized carbons (Fsp3) is 0.333. The number of β-lactam (4-membered cyclic amide) rings is 1. The molecule has 2 aromatic rings. The first-order valence-corrected chi connectivity index (χ1v) is 13.1. The molecule has 0 radical (unpaired) electrons. The van der Waals surface area contributed by atoms with E-state index in [9.17, 15) is 24.3 Å². The van der Waals surface area contributed by atoms with Crippen LogP contribution in [0.15, 0.2) is 39.8 Å². The number of anilines is 1. The smallest absolute Gasteiger partial charge is 0.352 e. The summed E-state index contributed by atoms with van der Waals surface area (Å²) >= 11 is 2.59. The van der Waals surface area contributed by atoms with Crippen molar-refractivity contribution in [2.75, 3.05) is 30.5 Å². The van der Waals surface area contributed by atoms with Crippen molar-refractivity contribution in [2.45, 2.75) is 16.6 Å². The van der Waals surface area contributed by atoms with E-state index in [1.54, 1.807) is 7.05 Å². The van der Waals surface area contributed by atoms with Crippen molar-refractivity contribution in [3.63, 3.8) is 0 Å². The van der Waals surface area contributed by atoms with Crippen LogP contribution in [-0.2, 0) is 31.1 Å². The van der Waals surface area contributed by atoms with Crippen molar-refractivity contribution < 1.29 is 39.0 Å². The summed E-state index contributed by atoms with van der Waals surface area (Å²) in [5.41, 5.74) is 6.91. The summed E-state index contributed by atoms with van der Waals surface area (Å²) < 4.78 is 7.00. The molecule has 5 N–H and O–H groups in total. The van der Waals surface area contributed by atoms with Gasteiger partial charge in [-0.1, -0.05) is 16.9 Å². The summed E-state index contributed by atoms with van der Waals surface area (Å²) in [4.78, 5) is 53.8. The molecule has 1 saturated heterocycles. The molecule has 1 aromatic carbocycles. The van der Waals surface area contributed by atoms with Crippen LogP contribution < -0.4 is 15.8 Å². The average molecular weight is 579 g/mol. The van der Waals surface area contributed by atoms with Gasteiger partial charge in [0.1, 0.15) is 22.9 Å². The van der Waals surface area contributed by atoms with E-state index in [-0.39, 0.29) is 17.2 Å². The second-order valence-corrected chi connectivity index (χ2v) is 10.1. The Hall–Kier alpha value is -4.32. The van der Waals surface area contributed by atoms with Crippen LogP contribution >= 0.6 is 23.5 Å². The van der Waals surface area contributed by atoms with Crippen LogP contribution in [0.1, 0.15) is 5.56 Å². The molecule has 1 aromatic heterocycles. The standard InChI is InChI=1S/C21H22N8O8S2/c1-28-21(25-26-27-28)39-9-11-8-38-19-16(18(33)29(19)17(11)20(34)35)24-14(30)6-36-13-3-2-12(22)4-10(13)5-23-37-7-15(31)32/h2-5,16,19H,6-9,22H2,1H3,(H,24,30)(H,31,32)(H,34,35)/b23-5+/t16-,19-/m1/s1. The number of amides is 2. The van der Waals surface area contributed by atoms with Gasteiger partial charge in [0.25, 0.3) is 11.8 Å². The van der Waals surface area contributed by atoms with Crippen molar-refractivity contribution in [2.24, 2.45) is 12.2 Å². The summed E-state index contributed by atoms with van der Waals surface area (Å²) in [7, 11) is 1.66. The lowest BCUT2D eigenvalue weighted by molar-refractivity contribution is -0.150. The average Bonchev–Trinajstić information content (AvgIpc) is 3.31. The number of carboxylic acid groups (broad SMARTS) is 2. The molecule has 3 heterocycles. The van der Waals surface area contributed by atoms with Crippen molar-refractivity contribution in [1.29, 1.82) is 0 Å². The molecule has 0 bridgehead atoms. The second kappa shape index (κ2) is 12.0. The maximum absolute atomic E-state index is 12.9. The zero-order valence-corrected chi connectivity index (χ0v) is 21.8. The number of nitrogens with zero attached hydrogens (tertiary/aromatic N) is 6. The van der Waals surface area contributed by atoms with E-state index in [1.807, 2.05) is 0 Å². The van der Waals surface area contributed by atoms with Gasteiger partial charge in [-0.05, 0) is 34.2 Å². The van der Waals surface area contributed by atoms with Crippen molar-refractivity contribution in [1.82, 2.24) is 30.4 Å². The minimum atomic E-state index is -1.24. The van der Waals surface area contributed by atoms with Crippen LogP contribution in [0, 0.1) is 0 Å². The number of nitrogen functional groups attached to an aromatic ring is 1. The van der Waals surface area contributed by atoms with Crippen LogP contribution in [-0.4, -0.2) is 101 Å². The van der Waals surface area contributed by atoms with Gasteiger partial charge >= 0.3 is 11.9 Å². The summed E-state index contributed by atoms with van der Waals surface area (Å²) in [6.07, 6.45) is 1.19. The van der Waals surface area contributed by atoms with E-state index >= 15 is 0 Å². The number of carbonyl (C=O) groups is 4. The minimum Gasteiger partial charge on any atom is -0.483 e. The first kappa shape index (κ1) is 27.7. The molecule has 206 valence electrons. The number of hydrogen-bond donors (Lipinski definition) is 4. The van der Waals surface area contributed by atoms with E-state index in [0.717, 1.165) is 0 Å². The highest BCUT2D eigenvalue weighted by atomic mass is 32.2. The first-order chi connectivity index (χ1) is 18.7. The summed E-state index contributed by atoms with van der Waals surface area (Å²) in [5, 5.41) is 35.6. The number of carboxylic acids is 2. The van der Waals surface area contributed by atoms with Gasteiger partial charge in [0.2, 0.25) is 11.8 Å². The Morgan fingerprint density at radius 3 is 2.82 bits per heavy atom. The number of carbonyl (C=O) groups excluding carboxylic acids is 2. The number of aryl methyl sites for hydroxylation is 1. The molecule has 0 unspecified atom stereocenters. The van der Waals surface area contributed by atoms with Gasteiger partial charge in [0.15, 0.2) is 6.61 Å². The molecule has 39 heavy (non-hydrogen) atoms. The molecule has 2 amide bonds. The Kier molecular flexibility index (Phi) is 8.55. The predicted molar refractivity (Wildman–Crippen MR) is 137 cm³/mol. The van der Waals surface area contributed by atoms with Crippen LogP contribution in [0.3, 0.4) is 0 Å². The quantitative estimate of drug-likeness (QED) is 0.0790. The van der Waals surface area contributed by atoms with Crippen LogP contribution in [0.2, 0.25) is 0 Å². The Labute approximate surface area is 228 Å². The molecule has 2 aliphatic heterocycles. The zero-order chi connectivity index (χ0) is 28.1. The maximum atomic E-state index is 12.9. The largest absolute Gasteiger partial charge is 0.483 e. The number of ether oxygens (including phenoxy) is 1. The fourth-order valence-electron chi connectivity index (χ4n) is 3.63. The zero-order valence-electron chi connectivity index (χ0n) is 20.2. The van der Waals surface area contributed by atoms with Crippen LogP contribution in [0.4, 0.5) is 5.69 Å². The molecule has 2 aliphatic rings. The first-order valence-electron chi connectivity index (χ1n) is 11.1. The van der Waals surface area contributed by atoms with E-state index in [2.05, 4.69) is 30.8 Å². The van der Waals surface area contributed by atoms with Crippen LogP contribution in [0.5, 0.6) is 5.75 Å². The number of fused-ring (bicyclic) bond motifs is 1. The number of nitrogens with one attached hydrogen (secondary N) is 1. The van der Waals surface area contributed by atoms with Gasteiger partial charge in [-0.3, -0.25) is 14.5 Å². The molecule has 0 spiro atoms. The van der Waals surface area contributed by atoms with Gasteiger partial charge in [0, 0.05) is 29.8 Å². The van der Waals surface area contributed by atoms with E-state index in [4.69, 9.17) is 15.6 Å². The third-order valence-corrected chi connectivity index (χ3v) is 7.81. The lowest BCUT2D eigenvalue weighted by Crippen LogP contribution is -2.70. The Balaban J connectivity index is 1.36. The Morgan fingerprint density at radius 1 is 1.33 bits per heavy atom. The number of hydrogen-bond acceptors (Lipinski definition) is 13. The van der Waals surface area contributed by atoms with Crippen LogP contribution in [0.25, 0.3) is 0 Å². The number of thioether (sulfide) groups is 2. The van der Waals surface area contributed by atoms with E-state index < -0.39 is 48.4 Å². The number of nitrogens with two attached hydrogens (primary N) is 1. The highest BCUT2D eigenvalue weighted by Crippen LogP contribution is 2.41. The van der Waals surface area contributed by atoms with Gasteiger partial charge in [-0.2, -0.15) is 0 Å². The van der Waals surface area contributed by atoms with Crippen molar-refractivity contribution in [3.8, 4) is 5.75 Å². The maximum Gasteiger partial charge on any atom is 0.352 e. The third-order valence-electron chi connectivity index (χ3n) is 5.37. The highest BCUT2D eigenvalue weighted by molar-refractivity contribution is 8.01. The van der Waals surface area contributed by atoms with Crippen molar-refractivity contribution in [3.05, 3.63) is 35.0 Å². The third kappa shape index (κ3) is 6.40. The number of aromatic nitrogens is 4. The molecule has 0 saturated carbocycles. The number of tetrazole rings is 1. The molecule has 18 heteroatoms. The molecule has 1 fully saturated rings. The Morgan fingerprint density at radius 2 is 2.13 bits per heavy atom. The predicted octanol–water partition coefficient (Wildman–Crippen LogP) is -0.863. The topological polar surface area (TPSA) is 224 Å². The molecule has 4 rings (SSSR count). The molecule has 2 atom stereocenters. The number of aliphatic carboxylic acids is 2. The summed E-state index contributed by atoms with van der Waals surface area (Å²) in [6, 6.07) is 3.60.